The molecule has 2 aromatic carbocycles. The average molecular weight is 393 g/mol. The zero-order chi connectivity index (χ0) is 20.5. The molecule has 29 heavy (non-hydrogen) atoms. The number of aromatic nitrogens is 1. The molecular formula is C22H20FN3O3. The van der Waals surface area contributed by atoms with E-state index in [1.165, 1.54) is 23.1 Å². The van der Waals surface area contributed by atoms with E-state index in [9.17, 15) is 14.0 Å². The lowest BCUT2D eigenvalue weighted by molar-refractivity contribution is -0.128. The molecule has 0 saturated carbocycles. The standard InChI is InChI=1S/C22H20FN3O3/c1-13-3-5-15(6-4-13)19-12-26(14(2)21(27)24-19)22(28)18-11-20(29-25-18)16-7-9-17(23)10-8-16/h3-11,14,19H,12H2,1-2H3,(H,24,27). The molecule has 2 heterocycles. The van der Waals surface area contributed by atoms with Crippen molar-refractivity contribution < 1.29 is 18.5 Å². The van der Waals surface area contributed by atoms with Crippen molar-refractivity contribution in [1.82, 2.24) is 15.4 Å². The summed E-state index contributed by atoms with van der Waals surface area (Å²) in [5.74, 6) is -0.614. The van der Waals surface area contributed by atoms with Gasteiger partial charge in [-0.05, 0) is 43.7 Å². The van der Waals surface area contributed by atoms with Gasteiger partial charge in [-0.1, -0.05) is 35.0 Å². The van der Waals surface area contributed by atoms with Gasteiger partial charge in [-0.2, -0.15) is 0 Å². The van der Waals surface area contributed by atoms with Crippen molar-refractivity contribution >= 4 is 11.8 Å². The molecule has 1 N–H and O–H groups in total. The number of aryl methyl sites for hydroxylation is 1. The van der Waals surface area contributed by atoms with Gasteiger partial charge in [0, 0.05) is 18.2 Å². The highest BCUT2D eigenvalue weighted by Crippen LogP contribution is 2.25. The van der Waals surface area contributed by atoms with Crippen molar-refractivity contribution in [3.63, 3.8) is 0 Å². The lowest BCUT2D eigenvalue weighted by Crippen LogP contribution is -2.57. The van der Waals surface area contributed by atoms with Gasteiger partial charge >= 0.3 is 0 Å². The van der Waals surface area contributed by atoms with Crippen LogP contribution in [0.5, 0.6) is 0 Å². The molecule has 1 aliphatic rings. The molecule has 1 fully saturated rings. The van der Waals surface area contributed by atoms with Gasteiger partial charge < -0.3 is 14.7 Å². The number of carbonyl (C=O) groups is 2. The van der Waals surface area contributed by atoms with Crippen LogP contribution in [0.1, 0.15) is 34.6 Å². The molecule has 1 saturated heterocycles. The van der Waals surface area contributed by atoms with E-state index in [1.54, 1.807) is 19.1 Å². The van der Waals surface area contributed by atoms with Crippen LogP contribution in [-0.4, -0.2) is 34.5 Å². The number of nitrogens with one attached hydrogen (secondary N) is 1. The molecule has 148 valence electrons. The maximum atomic E-state index is 13.1. The third kappa shape index (κ3) is 3.76. The summed E-state index contributed by atoms with van der Waals surface area (Å²) in [6.07, 6.45) is 0. The van der Waals surface area contributed by atoms with Crippen LogP contribution in [0.4, 0.5) is 4.39 Å². The van der Waals surface area contributed by atoms with E-state index in [4.69, 9.17) is 4.52 Å². The van der Waals surface area contributed by atoms with E-state index >= 15 is 0 Å². The monoisotopic (exact) mass is 393 g/mol. The lowest BCUT2D eigenvalue weighted by atomic mass is 10.0. The van der Waals surface area contributed by atoms with Crippen molar-refractivity contribution in [2.45, 2.75) is 25.9 Å². The van der Waals surface area contributed by atoms with Crippen LogP contribution in [-0.2, 0) is 4.79 Å². The van der Waals surface area contributed by atoms with Crippen LogP contribution in [0.2, 0.25) is 0 Å². The first kappa shape index (κ1) is 18.9. The van der Waals surface area contributed by atoms with E-state index in [0.717, 1.165) is 11.1 Å². The maximum Gasteiger partial charge on any atom is 0.276 e. The predicted octanol–water partition coefficient (Wildman–Crippen LogP) is 3.49. The second-order valence-corrected chi connectivity index (χ2v) is 7.19. The van der Waals surface area contributed by atoms with E-state index in [-0.39, 0.29) is 29.4 Å². The lowest BCUT2D eigenvalue weighted by Gasteiger charge is -2.37. The third-order valence-electron chi connectivity index (χ3n) is 5.14. The summed E-state index contributed by atoms with van der Waals surface area (Å²) in [6, 6.07) is 14.1. The van der Waals surface area contributed by atoms with Crippen molar-refractivity contribution in [2.75, 3.05) is 6.54 Å². The van der Waals surface area contributed by atoms with Gasteiger partial charge in [0.1, 0.15) is 11.9 Å². The quantitative estimate of drug-likeness (QED) is 0.739. The fraction of sp³-hybridized carbons (Fsp3) is 0.227. The summed E-state index contributed by atoms with van der Waals surface area (Å²) in [6.45, 7) is 4.00. The summed E-state index contributed by atoms with van der Waals surface area (Å²) in [5, 5.41) is 6.83. The topological polar surface area (TPSA) is 75.4 Å². The average Bonchev–Trinajstić information content (AvgIpc) is 3.21. The normalized spacial score (nSPS) is 19.1. The van der Waals surface area contributed by atoms with Crippen molar-refractivity contribution in [3.05, 3.63) is 77.2 Å². The van der Waals surface area contributed by atoms with Crippen molar-refractivity contribution in [2.24, 2.45) is 0 Å². The Kier molecular flexibility index (Phi) is 4.88. The fourth-order valence-corrected chi connectivity index (χ4v) is 3.35. The van der Waals surface area contributed by atoms with Gasteiger partial charge in [-0.3, -0.25) is 9.59 Å². The Morgan fingerprint density at radius 1 is 1.17 bits per heavy atom. The number of halogens is 1. The Labute approximate surface area is 167 Å². The summed E-state index contributed by atoms with van der Waals surface area (Å²) >= 11 is 0. The zero-order valence-corrected chi connectivity index (χ0v) is 16.1. The largest absolute Gasteiger partial charge is 0.355 e. The minimum atomic E-state index is -0.629. The van der Waals surface area contributed by atoms with Crippen LogP contribution in [0.25, 0.3) is 11.3 Å². The Hall–Kier alpha value is -3.48. The Balaban J connectivity index is 1.57. The fourth-order valence-electron chi connectivity index (χ4n) is 3.35. The third-order valence-corrected chi connectivity index (χ3v) is 5.14. The summed E-state index contributed by atoms with van der Waals surface area (Å²) < 4.78 is 18.4. The molecule has 6 nitrogen and oxygen atoms in total. The van der Waals surface area contributed by atoms with Gasteiger partial charge in [0.15, 0.2) is 11.5 Å². The smallest absolute Gasteiger partial charge is 0.276 e. The second kappa shape index (κ2) is 7.50. The molecule has 2 atom stereocenters. The summed E-state index contributed by atoms with van der Waals surface area (Å²) in [7, 11) is 0. The van der Waals surface area contributed by atoms with E-state index < -0.39 is 6.04 Å². The zero-order valence-electron chi connectivity index (χ0n) is 16.1. The highest BCUT2D eigenvalue weighted by Gasteiger charge is 2.36. The first-order chi connectivity index (χ1) is 13.9. The molecule has 2 amide bonds. The van der Waals surface area contributed by atoms with E-state index in [2.05, 4.69) is 10.5 Å². The highest BCUT2D eigenvalue weighted by molar-refractivity contribution is 5.97. The number of benzene rings is 2. The first-order valence-electron chi connectivity index (χ1n) is 9.33. The van der Waals surface area contributed by atoms with Crippen molar-refractivity contribution in [3.8, 4) is 11.3 Å². The van der Waals surface area contributed by atoms with Gasteiger partial charge in [-0.15, -0.1) is 0 Å². The van der Waals surface area contributed by atoms with Crippen molar-refractivity contribution in [1.29, 1.82) is 0 Å². The molecule has 0 bridgehead atoms. The predicted molar refractivity (Wildman–Crippen MR) is 104 cm³/mol. The molecule has 7 heteroatoms. The van der Waals surface area contributed by atoms with E-state index in [0.29, 0.717) is 17.9 Å². The molecule has 2 unspecified atom stereocenters. The van der Waals surface area contributed by atoms with Crippen LogP contribution in [0, 0.1) is 12.7 Å². The molecule has 0 radical (unpaired) electrons. The number of rotatable bonds is 3. The second-order valence-electron chi connectivity index (χ2n) is 7.19. The maximum absolute atomic E-state index is 13.1. The molecule has 0 aliphatic carbocycles. The summed E-state index contributed by atoms with van der Waals surface area (Å²) in [4.78, 5) is 27.0. The number of hydrogen-bond donors (Lipinski definition) is 1. The van der Waals surface area contributed by atoms with Gasteiger partial charge in [0.2, 0.25) is 5.91 Å². The first-order valence-corrected chi connectivity index (χ1v) is 9.33. The minimum Gasteiger partial charge on any atom is -0.355 e. The summed E-state index contributed by atoms with van der Waals surface area (Å²) in [5.41, 5.74) is 2.77. The Morgan fingerprint density at radius 3 is 2.55 bits per heavy atom. The van der Waals surface area contributed by atoms with Gasteiger partial charge in [-0.25, -0.2) is 4.39 Å². The van der Waals surface area contributed by atoms with E-state index in [1.807, 2.05) is 31.2 Å². The van der Waals surface area contributed by atoms with Crippen LogP contribution >= 0.6 is 0 Å². The highest BCUT2D eigenvalue weighted by atomic mass is 19.1. The Morgan fingerprint density at radius 2 is 1.86 bits per heavy atom. The number of hydrogen-bond acceptors (Lipinski definition) is 4. The van der Waals surface area contributed by atoms with Crippen LogP contribution in [0.3, 0.4) is 0 Å². The minimum absolute atomic E-state index is 0.105. The Bertz CT molecular complexity index is 1040. The number of nitrogens with zero attached hydrogens (tertiary/aromatic N) is 2. The number of amides is 2. The number of carbonyl (C=O) groups excluding carboxylic acids is 2. The van der Waals surface area contributed by atoms with Gasteiger partial charge in [0.25, 0.3) is 5.91 Å². The molecule has 3 aromatic rings. The van der Waals surface area contributed by atoms with Crippen LogP contribution < -0.4 is 5.32 Å². The molecule has 1 aromatic heterocycles. The molecule has 4 rings (SSSR count). The van der Waals surface area contributed by atoms with Gasteiger partial charge in [0.05, 0.1) is 6.04 Å². The molecule has 0 spiro atoms. The molecule has 1 aliphatic heterocycles. The number of piperazine rings is 1. The SMILES string of the molecule is Cc1ccc(C2CN(C(=O)c3cc(-c4ccc(F)cc4)on3)C(C)C(=O)N2)cc1. The molecular weight excluding hydrogens is 373 g/mol. The van der Waals surface area contributed by atoms with Crippen LogP contribution in [0.15, 0.2) is 59.1 Å².